The van der Waals surface area contributed by atoms with Gasteiger partial charge in [-0.15, -0.1) is 10.2 Å². The Morgan fingerprint density at radius 2 is 1.67 bits per heavy atom. The largest absolute Gasteiger partial charge is 0.301 e. The van der Waals surface area contributed by atoms with E-state index in [0.29, 0.717) is 5.69 Å². The molecule has 160 valence electrons. The fourth-order valence-corrected chi connectivity index (χ4v) is 8.11. The summed E-state index contributed by atoms with van der Waals surface area (Å²) < 4.78 is 27.7. The lowest BCUT2D eigenvalue weighted by Gasteiger charge is -2.57. The first kappa shape index (κ1) is 19.9. The highest BCUT2D eigenvalue weighted by molar-refractivity contribution is 7.94. The number of carbonyl (C=O) groups is 1. The van der Waals surface area contributed by atoms with Crippen molar-refractivity contribution in [1.29, 1.82) is 0 Å². The quantitative estimate of drug-likeness (QED) is 0.649. The molecule has 1 aromatic heterocycles. The molecule has 0 aliphatic heterocycles. The third-order valence-electron chi connectivity index (χ3n) is 6.99. The van der Waals surface area contributed by atoms with Crippen LogP contribution in [0.2, 0.25) is 0 Å². The van der Waals surface area contributed by atoms with Crippen molar-refractivity contribution in [2.75, 3.05) is 10.0 Å². The average Bonchev–Trinajstić information content (AvgIpc) is 3.16. The van der Waals surface area contributed by atoms with Crippen LogP contribution in [0.25, 0.3) is 0 Å². The van der Waals surface area contributed by atoms with Gasteiger partial charge >= 0.3 is 0 Å². The molecule has 7 nitrogen and oxygen atoms in total. The predicted octanol–water partition coefficient (Wildman–Crippen LogP) is 4.16. The molecule has 0 spiro atoms. The topological polar surface area (TPSA) is 101 Å². The molecule has 0 atom stereocenters. The summed E-state index contributed by atoms with van der Waals surface area (Å²) in [4.78, 5) is 11.5. The molecular weight excluding hydrogens is 420 g/mol. The molecule has 4 fully saturated rings. The summed E-state index contributed by atoms with van der Waals surface area (Å²) in [6.07, 6.45) is 8.33. The summed E-state index contributed by atoms with van der Waals surface area (Å²) in [5.74, 6) is 2.38. The maximum atomic E-state index is 12.7. The molecule has 30 heavy (non-hydrogen) atoms. The molecule has 4 saturated carbocycles. The number of hydrogen-bond donors (Lipinski definition) is 2. The monoisotopic (exact) mass is 446 g/mol. The van der Waals surface area contributed by atoms with Crippen LogP contribution < -0.4 is 10.0 Å². The van der Waals surface area contributed by atoms with Crippen LogP contribution in [0, 0.1) is 17.8 Å². The summed E-state index contributed by atoms with van der Waals surface area (Å²) in [6, 6.07) is 7.90. The third kappa shape index (κ3) is 3.62. The second-order valence-corrected chi connectivity index (χ2v) is 12.0. The summed E-state index contributed by atoms with van der Waals surface area (Å²) in [5, 5.41) is 10.2. The Hall–Kier alpha value is -2.00. The van der Waals surface area contributed by atoms with Gasteiger partial charge in [0.2, 0.25) is 11.0 Å². The summed E-state index contributed by atoms with van der Waals surface area (Å²) >= 11 is 0.840. The van der Waals surface area contributed by atoms with E-state index in [0.717, 1.165) is 29.1 Å². The molecule has 0 radical (unpaired) electrons. The number of hydrogen-bond acceptors (Lipinski definition) is 6. The van der Waals surface area contributed by atoms with Crippen molar-refractivity contribution < 1.29 is 13.2 Å². The number of amides is 1. The van der Waals surface area contributed by atoms with Gasteiger partial charge in [0.25, 0.3) is 14.4 Å². The van der Waals surface area contributed by atoms with Gasteiger partial charge < -0.3 is 5.32 Å². The summed E-state index contributed by atoms with van der Waals surface area (Å²) in [7, 11) is -3.85. The molecule has 9 heteroatoms. The SMILES string of the molecule is CCC(=O)Nc1nnc(S(=O)(=O)Nc2ccc(C34CC5CC(CC(C5)C3)C4)cc2)s1. The molecule has 1 amide bonds. The van der Waals surface area contributed by atoms with Crippen molar-refractivity contribution in [3.63, 3.8) is 0 Å². The highest BCUT2D eigenvalue weighted by Crippen LogP contribution is 2.60. The van der Waals surface area contributed by atoms with Crippen molar-refractivity contribution >= 4 is 38.1 Å². The van der Waals surface area contributed by atoms with Crippen LogP contribution in [0.5, 0.6) is 0 Å². The number of benzene rings is 1. The summed E-state index contributed by atoms with van der Waals surface area (Å²) in [5.41, 5.74) is 2.15. The number of anilines is 2. The number of aromatic nitrogens is 2. The van der Waals surface area contributed by atoms with E-state index in [9.17, 15) is 13.2 Å². The van der Waals surface area contributed by atoms with E-state index in [1.807, 2.05) is 12.1 Å². The number of nitrogens with one attached hydrogen (secondary N) is 2. The van der Waals surface area contributed by atoms with E-state index >= 15 is 0 Å². The highest BCUT2D eigenvalue weighted by atomic mass is 32.2. The molecule has 1 aromatic carbocycles. The Morgan fingerprint density at radius 3 is 2.23 bits per heavy atom. The van der Waals surface area contributed by atoms with E-state index in [2.05, 4.69) is 32.4 Å². The second kappa shape index (κ2) is 7.30. The highest BCUT2D eigenvalue weighted by Gasteiger charge is 2.51. The molecule has 6 rings (SSSR count). The smallest absolute Gasteiger partial charge is 0.291 e. The number of nitrogens with zero attached hydrogens (tertiary/aromatic N) is 2. The molecule has 2 aromatic rings. The standard InChI is InChI=1S/C21H26N4O3S2/c1-2-18(26)22-19-23-24-20(29-19)30(27,28)25-17-5-3-16(4-6-17)21-10-13-7-14(11-21)9-15(8-13)12-21/h3-6,13-15,25H,2,7-12H2,1H3,(H,22,23,26). The Morgan fingerprint density at radius 1 is 1.07 bits per heavy atom. The molecule has 0 unspecified atom stereocenters. The first-order chi connectivity index (χ1) is 14.3. The van der Waals surface area contributed by atoms with Gasteiger partial charge in [0.05, 0.1) is 0 Å². The van der Waals surface area contributed by atoms with Gasteiger partial charge in [-0.1, -0.05) is 30.4 Å². The van der Waals surface area contributed by atoms with Crippen LogP contribution in [-0.4, -0.2) is 24.5 Å². The Kier molecular flexibility index (Phi) is 4.85. The van der Waals surface area contributed by atoms with Crippen molar-refractivity contribution in [2.24, 2.45) is 17.8 Å². The zero-order valence-electron chi connectivity index (χ0n) is 16.9. The normalized spacial score (nSPS) is 29.7. The van der Waals surface area contributed by atoms with Crippen molar-refractivity contribution in [2.45, 2.75) is 61.6 Å². The lowest BCUT2D eigenvalue weighted by Crippen LogP contribution is -2.48. The molecular formula is C21H26N4O3S2. The Labute approximate surface area is 180 Å². The maximum Gasteiger partial charge on any atom is 0.291 e. The van der Waals surface area contributed by atoms with E-state index in [1.54, 1.807) is 6.92 Å². The molecule has 4 aliphatic carbocycles. The third-order valence-corrected chi connectivity index (χ3v) is 9.58. The number of rotatable bonds is 6. The van der Waals surface area contributed by atoms with Crippen LogP contribution >= 0.6 is 11.3 Å². The van der Waals surface area contributed by atoms with Crippen LogP contribution in [0.3, 0.4) is 0 Å². The van der Waals surface area contributed by atoms with Crippen LogP contribution in [-0.2, 0) is 20.2 Å². The van der Waals surface area contributed by atoms with Crippen molar-refractivity contribution in [3.05, 3.63) is 29.8 Å². The van der Waals surface area contributed by atoms with Gasteiger partial charge in [0.1, 0.15) is 0 Å². The fourth-order valence-electron chi connectivity index (χ4n) is 6.13. The number of sulfonamides is 1. The lowest BCUT2D eigenvalue weighted by molar-refractivity contribution is -0.115. The minimum Gasteiger partial charge on any atom is -0.301 e. The van der Waals surface area contributed by atoms with E-state index in [1.165, 1.54) is 44.1 Å². The van der Waals surface area contributed by atoms with Gasteiger partial charge in [-0.25, -0.2) is 0 Å². The fraction of sp³-hybridized carbons (Fsp3) is 0.571. The molecule has 4 aliphatic rings. The summed E-state index contributed by atoms with van der Waals surface area (Å²) in [6.45, 7) is 1.71. The van der Waals surface area contributed by atoms with E-state index < -0.39 is 10.0 Å². The van der Waals surface area contributed by atoms with Gasteiger partial charge in [0, 0.05) is 12.1 Å². The van der Waals surface area contributed by atoms with Crippen molar-refractivity contribution in [3.8, 4) is 0 Å². The maximum absolute atomic E-state index is 12.7. The van der Waals surface area contributed by atoms with Gasteiger partial charge in [0.15, 0.2) is 0 Å². The van der Waals surface area contributed by atoms with E-state index in [4.69, 9.17) is 0 Å². The minimum absolute atomic E-state index is 0.168. The second-order valence-electron chi connectivity index (χ2n) is 9.16. The average molecular weight is 447 g/mol. The van der Waals surface area contributed by atoms with Crippen LogP contribution in [0.15, 0.2) is 28.6 Å². The van der Waals surface area contributed by atoms with Crippen LogP contribution in [0.4, 0.5) is 10.8 Å². The molecule has 4 bridgehead atoms. The van der Waals surface area contributed by atoms with Crippen molar-refractivity contribution in [1.82, 2.24) is 10.2 Å². The lowest BCUT2D eigenvalue weighted by atomic mass is 9.48. The van der Waals surface area contributed by atoms with Gasteiger partial charge in [-0.2, -0.15) is 8.42 Å². The molecule has 0 saturated heterocycles. The first-order valence-electron chi connectivity index (χ1n) is 10.6. The van der Waals surface area contributed by atoms with E-state index in [-0.39, 0.29) is 27.2 Å². The number of carbonyl (C=O) groups excluding carboxylic acids is 1. The molecule has 2 N–H and O–H groups in total. The zero-order chi connectivity index (χ0) is 20.9. The van der Waals surface area contributed by atoms with Gasteiger partial charge in [-0.3, -0.25) is 9.52 Å². The minimum atomic E-state index is -3.85. The zero-order valence-corrected chi connectivity index (χ0v) is 18.6. The Balaban J connectivity index is 1.31. The predicted molar refractivity (Wildman–Crippen MR) is 116 cm³/mol. The first-order valence-corrected chi connectivity index (χ1v) is 12.9. The molecule has 1 heterocycles. The Bertz CT molecular complexity index is 1030. The van der Waals surface area contributed by atoms with Crippen LogP contribution in [0.1, 0.15) is 57.4 Å². The van der Waals surface area contributed by atoms with Gasteiger partial charge in [-0.05, 0) is 79.4 Å².